The molecule has 3 aromatic heterocycles. The summed E-state index contributed by atoms with van der Waals surface area (Å²) in [5, 5.41) is 10.6. The van der Waals surface area contributed by atoms with Crippen molar-refractivity contribution in [3.8, 4) is 0 Å². The average Bonchev–Trinajstić information content (AvgIpc) is 3.38. The van der Waals surface area contributed by atoms with Crippen LogP contribution in [0, 0.1) is 0 Å². The SMILES string of the molecule is CO[C@@H]1C[C@@H](c2nnc3cnccn23)N(C(=O)Cc2cncc3ccccc23)C1. The van der Waals surface area contributed by atoms with Gasteiger partial charge in [0.15, 0.2) is 11.5 Å². The van der Waals surface area contributed by atoms with Crippen LogP contribution < -0.4 is 0 Å². The molecule has 146 valence electrons. The van der Waals surface area contributed by atoms with Crippen molar-refractivity contribution in [3.63, 3.8) is 0 Å². The molecule has 1 aromatic carbocycles. The van der Waals surface area contributed by atoms with Crippen molar-refractivity contribution in [1.29, 1.82) is 0 Å². The number of carbonyl (C=O) groups is 1. The van der Waals surface area contributed by atoms with Crippen LogP contribution in [0.4, 0.5) is 0 Å². The zero-order chi connectivity index (χ0) is 19.8. The molecule has 0 N–H and O–H groups in total. The number of benzene rings is 1. The first-order valence-electron chi connectivity index (χ1n) is 9.53. The molecule has 2 atom stereocenters. The topological polar surface area (TPSA) is 85.5 Å². The van der Waals surface area contributed by atoms with Crippen LogP contribution in [0.25, 0.3) is 16.4 Å². The molecule has 0 unspecified atom stereocenters. The Morgan fingerprint density at radius 3 is 2.97 bits per heavy atom. The summed E-state index contributed by atoms with van der Waals surface area (Å²) >= 11 is 0. The molecule has 8 heteroatoms. The third-order valence-electron chi connectivity index (χ3n) is 5.55. The number of nitrogens with zero attached hydrogens (tertiary/aromatic N) is 6. The molecule has 0 saturated carbocycles. The van der Waals surface area contributed by atoms with Crippen molar-refractivity contribution in [1.82, 2.24) is 29.5 Å². The molecule has 0 radical (unpaired) electrons. The lowest BCUT2D eigenvalue weighted by molar-refractivity contribution is -0.131. The second-order valence-electron chi connectivity index (χ2n) is 7.21. The van der Waals surface area contributed by atoms with E-state index in [1.807, 2.05) is 46.0 Å². The summed E-state index contributed by atoms with van der Waals surface area (Å²) < 4.78 is 7.46. The van der Waals surface area contributed by atoms with E-state index in [-0.39, 0.29) is 24.5 Å². The Morgan fingerprint density at radius 2 is 2.07 bits per heavy atom. The van der Waals surface area contributed by atoms with Crippen LogP contribution >= 0.6 is 0 Å². The summed E-state index contributed by atoms with van der Waals surface area (Å²) in [6.45, 7) is 0.526. The lowest BCUT2D eigenvalue weighted by Crippen LogP contribution is -2.34. The number of hydrogen-bond acceptors (Lipinski definition) is 6. The third kappa shape index (κ3) is 3.11. The maximum Gasteiger partial charge on any atom is 0.227 e. The first-order valence-corrected chi connectivity index (χ1v) is 9.53. The summed E-state index contributed by atoms with van der Waals surface area (Å²) in [6.07, 6.45) is 9.69. The predicted molar refractivity (Wildman–Crippen MR) is 106 cm³/mol. The largest absolute Gasteiger partial charge is 0.380 e. The number of carbonyl (C=O) groups excluding carboxylic acids is 1. The van der Waals surface area contributed by atoms with Crippen LogP contribution in [-0.2, 0) is 16.0 Å². The van der Waals surface area contributed by atoms with Gasteiger partial charge in [-0.05, 0) is 10.9 Å². The molecule has 1 fully saturated rings. The van der Waals surface area contributed by atoms with E-state index in [1.54, 1.807) is 25.7 Å². The van der Waals surface area contributed by atoms with Gasteiger partial charge in [-0.2, -0.15) is 0 Å². The van der Waals surface area contributed by atoms with Gasteiger partial charge >= 0.3 is 0 Å². The Labute approximate surface area is 167 Å². The monoisotopic (exact) mass is 388 g/mol. The van der Waals surface area contributed by atoms with Crippen LogP contribution in [0.1, 0.15) is 23.9 Å². The summed E-state index contributed by atoms with van der Waals surface area (Å²) in [5.41, 5.74) is 1.58. The van der Waals surface area contributed by atoms with Crippen molar-refractivity contribution in [2.75, 3.05) is 13.7 Å². The van der Waals surface area contributed by atoms with Gasteiger partial charge in [0.25, 0.3) is 0 Å². The van der Waals surface area contributed by atoms with Gasteiger partial charge in [0.1, 0.15) is 0 Å². The highest BCUT2D eigenvalue weighted by Gasteiger charge is 2.38. The van der Waals surface area contributed by atoms with Crippen molar-refractivity contribution in [2.24, 2.45) is 0 Å². The quantitative estimate of drug-likeness (QED) is 0.533. The van der Waals surface area contributed by atoms with E-state index in [9.17, 15) is 4.79 Å². The fourth-order valence-electron chi connectivity index (χ4n) is 4.07. The fourth-order valence-corrected chi connectivity index (χ4v) is 4.07. The Balaban J connectivity index is 1.48. The minimum Gasteiger partial charge on any atom is -0.380 e. The molecular weight excluding hydrogens is 368 g/mol. The van der Waals surface area contributed by atoms with Crippen LogP contribution in [0.2, 0.25) is 0 Å². The molecular formula is C21H20N6O2. The molecule has 5 rings (SSSR count). The highest BCUT2D eigenvalue weighted by Crippen LogP contribution is 2.33. The third-order valence-corrected chi connectivity index (χ3v) is 5.55. The number of fused-ring (bicyclic) bond motifs is 2. The van der Waals surface area contributed by atoms with Crippen molar-refractivity contribution >= 4 is 22.3 Å². The van der Waals surface area contributed by atoms with Gasteiger partial charge in [-0.15, -0.1) is 10.2 Å². The van der Waals surface area contributed by atoms with Crippen LogP contribution in [0.3, 0.4) is 0 Å². The summed E-state index contributed by atoms with van der Waals surface area (Å²) in [5.74, 6) is 0.754. The Bertz CT molecular complexity index is 1180. The number of pyridine rings is 1. The minimum atomic E-state index is -0.201. The number of rotatable bonds is 4. The van der Waals surface area contributed by atoms with E-state index in [1.165, 1.54) is 0 Å². The maximum atomic E-state index is 13.3. The molecule has 4 aromatic rings. The number of amides is 1. The molecule has 29 heavy (non-hydrogen) atoms. The zero-order valence-corrected chi connectivity index (χ0v) is 16.0. The van der Waals surface area contributed by atoms with Crippen LogP contribution in [0.15, 0.2) is 55.2 Å². The van der Waals surface area contributed by atoms with Gasteiger partial charge < -0.3 is 9.64 Å². The van der Waals surface area contributed by atoms with E-state index in [4.69, 9.17) is 4.74 Å². The van der Waals surface area contributed by atoms with E-state index in [0.717, 1.165) is 22.2 Å². The van der Waals surface area contributed by atoms with E-state index in [0.29, 0.717) is 18.6 Å². The maximum absolute atomic E-state index is 13.3. The van der Waals surface area contributed by atoms with E-state index >= 15 is 0 Å². The molecule has 1 saturated heterocycles. The normalized spacial score (nSPS) is 19.3. The number of hydrogen-bond donors (Lipinski definition) is 0. The molecule has 0 aliphatic carbocycles. The van der Waals surface area contributed by atoms with Crippen molar-refractivity contribution < 1.29 is 9.53 Å². The van der Waals surface area contributed by atoms with Gasteiger partial charge in [-0.3, -0.25) is 19.2 Å². The molecule has 1 aliphatic rings. The average molecular weight is 388 g/mol. The van der Waals surface area contributed by atoms with Crippen molar-refractivity contribution in [2.45, 2.75) is 25.0 Å². The summed E-state index contributed by atoms with van der Waals surface area (Å²) in [4.78, 5) is 23.6. The Hall–Kier alpha value is -3.39. The molecule has 4 heterocycles. The molecule has 1 aliphatic heterocycles. The summed E-state index contributed by atoms with van der Waals surface area (Å²) in [7, 11) is 1.68. The smallest absolute Gasteiger partial charge is 0.227 e. The molecule has 0 spiro atoms. The second kappa shape index (κ2) is 7.21. The number of ether oxygens (including phenoxy) is 1. The van der Waals surface area contributed by atoms with Gasteiger partial charge in [0.2, 0.25) is 5.91 Å². The highest BCUT2D eigenvalue weighted by atomic mass is 16.5. The second-order valence-corrected chi connectivity index (χ2v) is 7.21. The lowest BCUT2D eigenvalue weighted by Gasteiger charge is -2.23. The predicted octanol–water partition coefficient (Wildman–Crippen LogP) is 2.20. The number of likely N-dealkylation sites (tertiary alicyclic amines) is 1. The van der Waals surface area contributed by atoms with Gasteiger partial charge in [0.05, 0.1) is 24.8 Å². The standard InChI is InChI=1S/C21H20N6O2/c1-29-16-9-18(21-25-24-19-12-22-6-7-26(19)21)27(13-16)20(28)8-15-11-23-10-14-4-2-3-5-17(14)15/h2-7,10-12,16,18H,8-9,13H2,1H3/t16-,18+/m1/s1. The van der Waals surface area contributed by atoms with E-state index in [2.05, 4.69) is 20.2 Å². The Kier molecular flexibility index (Phi) is 4.40. The fraction of sp³-hybridized carbons (Fsp3) is 0.286. The lowest BCUT2D eigenvalue weighted by atomic mass is 10.0. The van der Waals surface area contributed by atoms with Crippen molar-refractivity contribution in [3.05, 3.63) is 66.6 Å². The van der Waals surface area contributed by atoms with Gasteiger partial charge in [-0.1, -0.05) is 24.3 Å². The van der Waals surface area contributed by atoms with Crippen LogP contribution in [0.5, 0.6) is 0 Å². The first-order chi connectivity index (χ1) is 14.2. The highest BCUT2D eigenvalue weighted by molar-refractivity contribution is 5.89. The zero-order valence-electron chi connectivity index (χ0n) is 16.0. The first kappa shape index (κ1) is 17.7. The van der Waals surface area contributed by atoms with Crippen LogP contribution in [-0.4, -0.2) is 55.1 Å². The van der Waals surface area contributed by atoms with Gasteiger partial charge in [0, 0.05) is 50.2 Å². The molecule has 1 amide bonds. The molecule has 8 nitrogen and oxygen atoms in total. The number of methoxy groups -OCH3 is 1. The Morgan fingerprint density at radius 1 is 1.17 bits per heavy atom. The summed E-state index contributed by atoms with van der Waals surface area (Å²) in [6, 6.07) is 7.78. The molecule has 0 bridgehead atoms. The van der Waals surface area contributed by atoms with E-state index < -0.39 is 0 Å². The minimum absolute atomic E-state index is 0.0264. The number of aromatic nitrogens is 5. The van der Waals surface area contributed by atoms with Gasteiger partial charge in [-0.25, -0.2) is 0 Å².